The predicted molar refractivity (Wildman–Crippen MR) is 171 cm³/mol. The fourth-order valence-corrected chi connectivity index (χ4v) is 4.84. The fraction of sp³-hybridized carbons (Fsp3) is 0.316. The lowest BCUT2D eigenvalue weighted by atomic mass is 9.83. The molecule has 0 aliphatic heterocycles. The first-order valence-electron chi connectivity index (χ1n) is 13.8. The van der Waals surface area contributed by atoms with Crippen molar-refractivity contribution in [2.24, 2.45) is 0 Å². The molecule has 5 rings (SSSR count). The second kappa shape index (κ2) is 12.0. The Balaban J connectivity index is 0.000000166. The molecule has 0 saturated heterocycles. The van der Waals surface area contributed by atoms with Crippen LogP contribution in [-0.2, 0) is 10.8 Å². The van der Waals surface area contributed by atoms with Gasteiger partial charge in [-0.3, -0.25) is 0 Å². The molecule has 0 aromatic heterocycles. The van der Waals surface area contributed by atoms with Crippen molar-refractivity contribution in [3.63, 3.8) is 0 Å². The molecule has 0 atom stereocenters. The Morgan fingerprint density at radius 2 is 0.632 bits per heavy atom. The number of hydrogen-bond acceptors (Lipinski definition) is 0. The number of aryl methyl sites for hydroxylation is 4. The summed E-state index contributed by atoms with van der Waals surface area (Å²) in [6, 6.07) is 34.8. The van der Waals surface area contributed by atoms with Crippen LogP contribution in [-0.4, -0.2) is 0 Å². The lowest BCUT2D eigenvalue weighted by Crippen LogP contribution is -2.11. The first kappa shape index (κ1) is 29.2. The molecule has 0 aliphatic carbocycles. The Morgan fingerprint density at radius 1 is 0.342 bits per heavy atom. The lowest BCUT2D eigenvalue weighted by Gasteiger charge is -2.22. The summed E-state index contributed by atoms with van der Waals surface area (Å²) in [5.74, 6) is 0. The third kappa shape index (κ3) is 7.35. The highest BCUT2D eigenvalue weighted by atomic mass is 14.2. The minimum atomic E-state index is 0.216. The van der Waals surface area contributed by atoms with E-state index in [9.17, 15) is 0 Å². The molecule has 5 aromatic rings. The van der Waals surface area contributed by atoms with Crippen LogP contribution < -0.4 is 0 Å². The van der Waals surface area contributed by atoms with Crippen molar-refractivity contribution in [2.75, 3.05) is 0 Å². The van der Waals surface area contributed by atoms with Crippen LogP contribution in [0.2, 0.25) is 0 Å². The fourth-order valence-electron chi connectivity index (χ4n) is 4.84. The van der Waals surface area contributed by atoms with Gasteiger partial charge in [0.15, 0.2) is 0 Å². The molecule has 0 bridgehead atoms. The first-order valence-corrected chi connectivity index (χ1v) is 13.8. The van der Waals surface area contributed by atoms with Gasteiger partial charge in [0.1, 0.15) is 0 Å². The van der Waals surface area contributed by atoms with Crippen LogP contribution >= 0.6 is 0 Å². The quantitative estimate of drug-likeness (QED) is 0.197. The Kier molecular flexibility index (Phi) is 9.21. The summed E-state index contributed by atoms with van der Waals surface area (Å²) in [5.41, 5.74) is 8.68. The van der Waals surface area contributed by atoms with E-state index in [4.69, 9.17) is 0 Å². The summed E-state index contributed by atoms with van der Waals surface area (Å²) in [7, 11) is 0. The zero-order valence-corrected chi connectivity index (χ0v) is 25.2. The molecule has 0 fully saturated rings. The van der Waals surface area contributed by atoms with Crippen molar-refractivity contribution in [2.45, 2.75) is 80.1 Å². The number of hydrogen-bond donors (Lipinski definition) is 0. The maximum Gasteiger partial charge on any atom is -0.0126 e. The van der Waals surface area contributed by atoms with Crippen LogP contribution in [0.3, 0.4) is 0 Å². The highest BCUT2D eigenvalue weighted by Gasteiger charge is 2.17. The molecule has 0 amide bonds. The number of rotatable bonds is 0. The van der Waals surface area contributed by atoms with Gasteiger partial charge in [-0.2, -0.15) is 0 Å². The van der Waals surface area contributed by atoms with Crippen LogP contribution in [0.1, 0.15) is 74.9 Å². The maximum atomic E-state index is 2.27. The molecule has 0 aliphatic rings. The lowest BCUT2D eigenvalue weighted by molar-refractivity contribution is 0.595. The largest absolute Gasteiger partial charge is 0.0616 e. The van der Waals surface area contributed by atoms with E-state index in [0.717, 1.165) is 0 Å². The molecule has 0 unspecified atom stereocenters. The van der Waals surface area contributed by atoms with E-state index in [0.29, 0.717) is 0 Å². The van der Waals surface area contributed by atoms with Crippen molar-refractivity contribution in [3.8, 4) is 0 Å². The van der Waals surface area contributed by atoms with Crippen molar-refractivity contribution >= 4 is 21.5 Å². The molecule has 5 aromatic carbocycles. The molecule has 0 N–H and O–H groups in total. The topological polar surface area (TPSA) is 0 Å². The average Bonchev–Trinajstić information content (AvgIpc) is 2.86. The van der Waals surface area contributed by atoms with Gasteiger partial charge in [-0.15, -0.1) is 0 Å². The molecule has 38 heavy (non-hydrogen) atoms. The molecular formula is C38H46. The average molecular weight is 503 g/mol. The van der Waals surface area contributed by atoms with Gasteiger partial charge in [-0.05, 0) is 82.3 Å². The van der Waals surface area contributed by atoms with Crippen LogP contribution in [0, 0.1) is 27.7 Å². The molecule has 0 saturated carbocycles. The Morgan fingerprint density at radius 3 is 0.921 bits per heavy atom. The normalized spacial score (nSPS) is 11.4. The predicted octanol–water partition coefficient (Wildman–Crippen LogP) is 11.2. The number of benzene rings is 5. The highest BCUT2D eigenvalue weighted by molar-refractivity contribution is 5.90. The smallest absolute Gasteiger partial charge is 0.0126 e. The summed E-state index contributed by atoms with van der Waals surface area (Å²) in [6.45, 7) is 22.2. The van der Waals surface area contributed by atoms with E-state index in [2.05, 4.69) is 166 Å². The zero-order chi connectivity index (χ0) is 28.1. The second-order valence-electron chi connectivity index (χ2n) is 12.6. The van der Waals surface area contributed by atoms with E-state index in [1.165, 1.54) is 54.9 Å². The van der Waals surface area contributed by atoms with E-state index in [1.54, 1.807) is 0 Å². The molecule has 0 spiro atoms. The molecule has 0 heteroatoms. The Bertz CT molecular complexity index is 1370. The highest BCUT2D eigenvalue weighted by Crippen LogP contribution is 2.32. The standard InChI is InChI=1S/2C15H18.C8H10/c2*1-11-9-10-14(15(2,3)4)13-8-6-5-7-12(11)13;1-7-3-5-8(2)6-4-7/h2*5-10H,1-4H3;3-6H,1-2H3. The minimum Gasteiger partial charge on any atom is -0.0616 e. The van der Waals surface area contributed by atoms with Crippen LogP contribution in [0.25, 0.3) is 21.5 Å². The van der Waals surface area contributed by atoms with Gasteiger partial charge in [0, 0.05) is 0 Å². The van der Waals surface area contributed by atoms with E-state index in [-0.39, 0.29) is 10.8 Å². The van der Waals surface area contributed by atoms with Gasteiger partial charge < -0.3 is 0 Å². The summed E-state index contributed by atoms with van der Waals surface area (Å²) in [6.07, 6.45) is 0. The third-order valence-corrected chi connectivity index (χ3v) is 7.12. The van der Waals surface area contributed by atoms with Gasteiger partial charge >= 0.3 is 0 Å². The van der Waals surface area contributed by atoms with E-state index >= 15 is 0 Å². The SMILES string of the molecule is Cc1ccc(C(C)(C)C)c2ccccc12.Cc1ccc(C(C)(C)C)c2ccccc12.Cc1ccc(C)cc1. The van der Waals surface area contributed by atoms with E-state index in [1.807, 2.05) is 0 Å². The summed E-state index contributed by atoms with van der Waals surface area (Å²) in [5, 5.41) is 5.55. The molecule has 198 valence electrons. The van der Waals surface area contributed by atoms with Crippen molar-refractivity contribution in [1.82, 2.24) is 0 Å². The van der Waals surface area contributed by atoms with Gasteiger partial charge in [0.25, 0.3) is 0 Å². The van der Waals surface area contributed by atoms with Crippen molar-refractivity contribution in [1.29, 1.82) is 0 Å². The monoisotopic (exact) mass is 502 g/mol. The minimum absolute atomic E-state index is 0.216. The van der Waals surface area contributed by atoms with Crippen LogP contribution in [0.5, 0.6) is 0 Å². The van der Waals surface area contributed by atoms with Gasteiger partial charge in [0.2, 0.25) is 0 Å². The van der Waals surface area contributed by atoms with Gasteiger partial charge in [-0.25, -0.2) is 0 Å². The molecule has 0 heterocycles. The van der Waals surface area contributed by atoms with Gasteiger partial charge in [-0.1, -0.05) is 150 Å². The van der Waals surface area contributed by atoms with Crippen molar-refractivity contribution in [3.05, 3.63) is 130 Å². The zero-order valence-electron chi connectivity index (χ0n) is 25.2. The van der Waals surface area contributed by atoms with Crippen molar-refractivity contribution < 1.29 is 0 Å². The summed E-state index contributed by atoms with van der Waals surface area (Å²) < 4.78 is 0. The molecule has 0 nitrogen and oxygen atoms in total. The molecular weight excluding hydrogens is 456 g/mol. The number of fused-ring (bicyclic) bond motifs is 2. The van der Waals surface area contributed by atoms with E-state index < -0.39 is 0 Å². The Labute approximate surface area is 231 Å². The van der Waals surface area contributed by atoms with Gasteiger partial charge in [0.05, 0.1) is 0 Å². The molecule has 0 radical (unpaired) electrons. The third-order valence-electron chi connectivity index (χ3n) is 7.12. The summed E-state index contributed by atoms with van der Waals surface area (Å²) >= 11 is 0. The van der Waals surface area contributed by atoms with Crippen LogP contribution in [0.15, 0.2) is 97.1 Å². The first-order chi connectivity index (χ1) is 17.8. The Hall–Kier alpha value is -3.38. The maximum absolute atomic E-state index is 2.27. The van der Waals surface area contributed by atoms with Crippen LogP contribution in [0.4, 0.5) is 0 Å². The second-order valence-corrected chi connectivity index (χ2v) is 12.6. The summed E-state index contributed by atoms with van der Waals surface area (Å²) in [4.78, 5) is 0.